The maximum Gasteiger partial charge on any atom is 0.132 e. The van der Waals surface area contributed by atoms with E-state index in [-0.39, 0.29) is 0 Å². The number of halogens is 1. The van der Waals surface area contributed by atoms with Crippen LogP contribution in [0.3, 0.4) is 0 Å². The number of hydrogen-bond donors (Lipinski definition) is 0. The van der Waals surface area contributed by atoms with Crippen LogP contribution in [0.25, 0.3) is 16.0 Å². The van der Waals surface area contributed by atoms with E-state index in [1.807, 2.05) is 52.7 Å². The molecule has 2 aromatic heterocycles. The fourth-order valence-corrected chi connectivity index (χ4v) is 3.58. The fraction of sp³-hybridized carbons (Fsp3) is 0.105. The number of aromatic nitrogens is 2. The normalized spacial score (nSPS) is 11.1. The van der Waals surface area contributed by atoms with Crippen LogP contribution in [-0.4, -0.2) is 9.55 Å². The van der Waals surface area contributed by atoms with E-state index in [2.05, 4.69) is 24.0 Å². The molecule has 0 radical (unpaired) electrons. The average molecular weight is 355 g/mol. The van der Waals surface area contributed by atoms with E-state index in [9.17, 15) is 0 Å². The van der Waals surface area contributed by atoms with Gasteiger partial charge in [0.05, 0.1) is 11.0 Å². The minimum absolute atomic E-state index is 0.569. The van der Waals surface area contributed by atoms with Crippen molar-refractivity contribution in [1.29, 1.82) is 0 Å². The van der Waals surface area contributed by atoms with Gasteiger partial charge in [-0.25, -0.2) is 4.98 Å². The molecule has 120 valence electrons. The molecule has 0 aliphatic carbocycles. The van der Waals surface area contributed by atoms with Gasteiger partial charge in [0.1, 0.15) is 23.7 Å². The van der Waals surface area contributed by atoms with Crippen LogP contribution in [0, 0.1) is 6.92 Å². The van der Waals surface area contributed by atoms with Gasteiger partial charge in [-0.2, -0.15) is 0 Å². The number of hydrogen-bond acceptors (Lipinski definition) is 3. The van der Waals surface area contributed by atoms with Crippen molar-refractivity contribution in [2.75, 3.05) is 0 Å². The molecular weight excluding hydrogens is 340 g/mol. The van der Waals surface area contributed by atoms with Crippen LogP contribution >= 0.6 is 22.9 Å². The van der Waals surface area contributed by atoms with Crippen molar-refractivity contribution in [1.82, 2.24) is 9.55 Å². The Kier molecular flexibility index (Phi) is 4.00. The maximum absolute atomic E-state index is 6.11. The molecule has 0 bridgehead atoms. The summed E-state index contributed by atoms with van der Waals surface area (Å²) >= 11 is 7.73. The van der Waals surface area contributed by atoms with E-state index in [4.69, 9.17) is 16.3 Å². The number of imidazole rings is 1. The lowest BCUT2D eigenvalue weighted by Gasteiger charge is -2.06. The summed E-state index contributed by atoms with van der Waals surface area (Å²) in [6.45, 7) is 2.67. The number of benzene rings is 2. The smallest absolute Gasteiger partial charge is 0.132 e. The van der Waals surface area contributed by atoms with E-state index in [0.29, 0.717) is 11.6 Å². The van der Waals surface area contributed by atoms with Gasteiger partial charge in [0, 0.05) is 16.5 Å². The summed E-state index contributed by atoms with van der Waals surface area (Å²) in [6.07, 6.45) is 1.82. The van der Waals surface area contributed by atoms with Crippen LogP contribution in [0.15, 0.2) is 60.2 Å². The molecule has 0 aliphatic rings. The number of rotatable bonds is 4. The number of aryl methyl sites for hydroxylation is 1. The molecule has 4 rings (SSSR count). The van der Waals surface area contributed by atoms with Crippen molar-refractivity contribution in [3.05, 3.63) is 76.4 Å². The van der Waals surface area contributed by atoms with E-state index in [1.54, 1.807) is 11.3 Å². The molecule has 3 nitrogen and oxygen atoms in total. The lowest BCUT2D eigenvalue weighted by atomic mass is 10.1. The monoisotopic (exact) mass is 354 g/mol. The van der Waals surface area contributed by atoms with E-state index in [1.165, 1.54) is 11.1 Å². The SMILES string of the molecule is Cc1ccccc1COc1csc(-n2cnc3ccc(Cl)cc32)c1. The first-order chi connectivity index (χ1) is 11.7. The first-order valence-corrected chi connectivity index (χ1v) is 8.85. The Bertz CT molecular complexity index is 1010. The second-order valence-electron chi connectivity index (χ2n) is 5.58. The Balaban J connectivity index is 1.58. The largest absolute Gasteiger partial charge is 0.488 e. The molecule has 0 saturated heterocycles. The van der Waals surface area contributed by atoms with Crippen LogP contribution in [0.5, 0.6) is 5.75 Å². The second-order valence-corrected chi connectivity index (χ2v) is 6.91. The standard InChI is InChI=1S/C19H15ClN2OS/c1-13-4-2-3-5-14(13)10-23-16-9-19(24-11-16)22-12-21-17-7-6-15(20)8-18(17)22/h2-9,11-12H,10H2,1H3. The van der Waals surface area contributed by atoms with Crippen molar-refractivity contribution in [2.24, 2.45) is 0 Å². The van der Waals surface area contributed by atoms with Gasteiger partial charge in [-0.05, 0) is 36.2 Å². The lowest BCUT2D eigenvalue weighted by Crippen LogP contribution is -1.96. The zero-order chi connectivity index (χ0) is 16.5. The van der Waals surface area contributed by atoms with Gasteiger partial charge in [-0.15, -0.1) is 11.3 Å². The van der Waals surface area contributed by atoms with Crippen molar-refractivity contribution in [3.63, 3.8) is 0 Å². The molecule has 2 heterocycles. The minimum atomic E-state index is 0.569. The maximum atomic E-state index is 6.11. The van der Waals surface area contributed by atoms with Crippen molar-refractivity contribution >= 4 is 34.0 Å². The molecular formula is C19H15ClN2OS. The molecule has 0 unspecified atom stereocenters. The zero-order valence-corrected chi connectivity index (χ0v) is 14.6. The summed E-state index contributed by atoms with van der Waals surface area (Å²) < 4.78 is 7.97. The predicted molar refractivity (Wildman–Crippen MR) is 99.5 cm³/mol. The highest BCUT2D eigenvalue weighted by atomic mass is 35.5. The first kappa shape index (κ1) is 15.2. The molecule has 0 atom stereocenters. The van der Waals surface area contributed by atoms with Gasteiger partial charge >= 0.3 is 0 Å². The number of ether oxygens (including phenoxy) is 1. The third-order valence-electron chi connectivity index (χ3n) is 3.96. The van der Waals surface area contributed by atoms with E-state index in [0.717, 1.165) is 21.8 Å². The van der Waals surface area contributed by atoms with Crippen LogP contribution in [0.2, 0.25) is 5.02 Å². The molecule has 5 heteroatoms. The molecule has 0 spiro atoms. The Morgan fingerprint density at radius 1 is 1.17 bits per heavy atom. The quantitative estimate of drug-likeness (QED) is 0.475. The fourth-order valence-electron chi connectivity index (χ4n) is 2.60. The predicted octanol–water partition coefficient (Wildman–Crippen LogP) is 5.63. The van der Waals surface area contributed by atoms with Crippen molar-refractivity contribution in [3.8, 4) is 10.8 Å². The van der Waals surface area contributed by atoms with E-state index < -0.39 is 0 Å². The number of nitrogens with zero attached hydrogens (tertiary/aromatic N) is 2. The summed E-state index contributed by atoms with van der Waals surface area (Å²) in [5, 5.41) is 3.78. The van der Waals surface area contributed by atoms with Gasteiger partial charge in [-0.1, -0.05) is 35.9 Å². The molecule has 0 aliphatic heterocycles. The Labute approximate surface area is 149 Å². The Morgan fingerprint density at radius 3 is 2.92 bits per heavy atom. The summed E-state index contributed by atoms with van der Waals surface area (Å²) in [4.78, 5) is 4.42. The molecule has 4 aromatic rings. The molecule has 0 saturated carbocycles. The third-order valence-corrected chi connectivity index (χ3v) is 5.11. The topological polar surface area (TPSA) is 27.1 Å². The molecule has 0 amide bonds. The highest BCUT2D eigenvalue weighted by Crippen LogP contribution is 2.29. The highest BCUT2D eigenvalue weighted by Gasteiger charge is 2.09. The van der Waals surface area contributed by atoms with Crippen LogP contribution in [0.4, 0.5) is 0 Å². The summed E-state index contributed by atoms with van der Waals surface area (Å²) in [5.74, 6) is 0.863. The Hall–Kier alpha value is -2.30. The molecule has 24 heavy (non-hydrogen) atoms. The summed E-state index contributed by atoms with van der Waals surface area (Å²) in [6, 6.07) is 16.0. The van der Waals surface area contributed by atoms with Crippen molar-refractivity contribution < 1.29 is 4.74 Å². The van der Waals surface area contributed by atoms with Gasteiger partial charge in [0.15, 0.2) is 0 Å². The number of thiophene rings is 1. The lowest BCUT2D eigenvalue weighted by molar-refractivity contribution is 0.307. The van der Waals surface area contributed by atoms with Crippen molar-refractivity contribution in [2.45, 2.75) is 13.5 Å². The van der Waals surface area contributed by atoms with Gasteiger partial charge < -0.3 is 4.74 Å². The van der Waals surface area contributed by atoms with Crippen LogP contribution in [-0.2, 0) is 6.61 Å². The average Bonchev–Trinajstić information content (AvgIpc) is 3.20. The van der Waals surface area contributed by atoms with Gasteiger partial charge in [0.25, 0.3) is 0 Å². The second kappa shape index (κ2) is 6.30. The zero-order valence-electron chi connectivity index (χ0n) is 13.1. The number of fused-ring (bicyclic) bond motifs is 1. The molecule has 0 N–H and O–H groups in total. The summed E-state index contributed by atoms with van der Waals surface area (Å²) in [7, 11) is 0. The molecule has 0 fully saturated rings. The first-order valence-electron chi connectivity index (χ1n) is 7.59. The minimum Gasteiger partial charge on any atom is -0.488 e. The van der Waals surface area contributed by atoms with Gasteiger partial charge in [0.2, 0.25) is 0 Å². The third kappa shape index (κ3) is 2.90. The van der Waals surface area contributed by atoms with Gasteiger partial charge in [-0.3, -0.25) is 4.57 Å². The van der Waals surface area contributed by atoms with E-state index >= 15 is 0 Å². The molecule has 2 aromatic carbocycles. The van der Waals surface area contributed by atoms with Crippen LogP contribution < -0.4 is 4.74 Å². The Morgan fingerprint density at radius 2 is 2.04 bits per heavy atom. The summed E-state index contributed by atoms with van der Waals surface area (Å²) in [5.41, 5.74) is 4.36. The van der Waals surface area contributed by atoms with Crippen LogP contribution in [0.1, 0.15) is 11.1 Å². The highest BCUT2D eigenvalue weighted by molar-refractivity contribution is 7.12.